The number of anilines is 1. The Labute approximate surface area is 128 Å². The van der Waals surface area contributed by atoms with Crippen molar-refractivity contribution < 1.29 is 9.50 Å². The Hall–Kier alpha value is -1.13. The molecule has 3 nitrogen and oxygen atoms in total. The third kappa shape index (κ3) is 4.97. The molecule has 21 heavy (non-hydrogen) atoms. The van der Waals surface area contributed by atoms with E-state index in [2.05, 4.69) is 30.6 Å². The summed E-state index contributed by atoms with van der Waals surface area (Å²) in [6.07, 6.45) is 0.240. The summed E-state index contributed by atoms with van der Waals surface area (Å²) in [5.74, 6) is -0.329. The molecule has 1 N–H and O–H groups in total. The number of hydrogen-bond acceptors (Lipinski definition) is 3. The molecule has 1 aromatic carbocycles. The van der Waals surface area contributed by atoms with E-state index in [0.29, 0.717) is 5.56 Å². The second kappa shape index (κ2) is 9.00. The largest absolute Gasteiger partial charge is 0.389 e. The van der Waals surface area contributed by atoms with Gasteiger partial charge in [0.15, 0.2) is 0 Å². The van der Waals surface area contributed by atoms with E-state index < -0.39 is 6.10 Å². The molecule has 0 aliphatic heterocycles. The van der Waals surface area contributed by atoms with E-state index in [-0.39, 0.29) is 5.82 Å². The van der Waals surface area contributed by atoms with Crippen LogP contribution in [0.1, 0.15) is 45.8 Å². The van der Waals surface area contributed by atoms with Crippen molar-refractivity contribution in [2.24, 2.45) is 0 Å². The molecule has 0 saturated carbocycles. The minimum absolute atomic E-state index is 0.329. The van der Waals surface area contributed by atoms with Crippen LogP contribution in [0.25, 0.3) is 0 Å². The highest BCUT2D eigenvalue weighted by atomic mass is 19.1. The van der Waals surface area contributed by atoms with Gasteiger partial charge in [-0.1, -0.05) is 19.9 Å². The predicted molar refractivity (Wildman–Crippen MR) is 87.3 cm³/mol. The van der Waals surface area contributed by atoms with Gasteiger partial charge in [-0.2, -0.15) is 0 Å². The van der Waals surface area contributed by atoms with Crippen LogP contribution in [-0.4, -0.2) is 42.7 Å². The third-order valence-electron chi connectivity index (χ3n) is 3.97. The van der Waals surface area contributed by atoms with Gasteiger partial charge in [-0.3, -0.25) is 0 Å². The zero-order valence-corrected chi connectivity index (χ0v) is 13.8. The van der Waals surface area contributed by atoms with Crippen molar-refractivity contribution in [3.8, 4) is 0 Å². The Kier molecular flexibility index (Phi) is 7.68. The summed E-state index contributed by atoms with van der Waals surface area (Å²) in [5.41, 5.74) is 1.22. The molecule has 4 heteroatoms. The van der Waals surface area contributed by atoms with E-state index in [1.165, 1.54) is 6.07 Å². The maximum Gasteiger partial charge on any atom is 0.131 e. The van der Waals surface area contributed by atoms with E-state index in [1.54, 1.807) is 13.0 Å². The molecular weight excluding hydrogens is 267 g/mol. The second-order valence-electron chi connectivity index (χ2n) is 5.31. The quantitative estimate of drug-likeness (QED) is 0.756. The van der Waals surface area contributed by atoms with Gasteiger partial charge in [0, 0.05) is 24.3 Å². The van der Waals surface area contributed by atoms with Gasteiger partial charge in [-0.05, 0) is 52.0 Å². The number of nitrogens with zero attached hydrogens (tertiary/aromatic N) is 2. The molecule has 0 saturated heterocycles. The number of aliphatic hydroxyl groups is 1. The van der Waals surface area contributed by atoms with E-state index in [9.17, 15) is 9.50 Å². The average Bonchev–Trinajstić information content (AvgIpc) is 2.47. The highest BCUT2D eigenvalue weighted by molar-refractivity contribution is 5.55. The van der Waals surface area contributed by atoms with Gasteiger partial charge in [0.05, 0.1) is 6.10 Å². The van der Waals surface area contributed by atoms with Crippen LogP contribution in [-0.2, 0) is 0 Å². The molecule has 120 valence electrons. The number of benzene rings is 1. The topological polar surface area (TPSA) is 26.7 Å². The maximum absolute atomic E-state index is 14.0. The van der Waals surface area contributed by atoms with E-state index >= 15 is 0 Å². The molecule has 0 aromatic heterocycles. The molecule has 0 spiro atoms. The fourth-order valence-corrected chi connectivity index (χ4v) is 2.69. The first-order valence-electron chi connectivity index (χ1n) is 7.98. The molecule has 0 heterocycles. The first-order chi connectivity index (χ1) is 10.0. The van der Waals surface area contributed by atoms with Crippen LogP contribution in [0.15, 0.2) is 18.2 Å². The van der Waals surface area contributed by atoms with Crippen LogP contribution >= 0.6 is 0 Å². The van der Waals surface area contributed by atoms with Gasteiger partial charge in [-0.25, -0.2) is 4.39 Å². The van der Waals surface area contributed by atoms with Crippen LogP contribution in [0.4, 0.5) is 10.1 Å². The number of aliphatic hydroxyl groups excluding tert-OH is 1. The summed E-state index contributed by atoms with van der Waals surface area (Å²) in [6, 6.07) is 5.02. The lowest BCUT2D eigenvalue weighted by Crippen LogP contribution is -2.30. The summed E-state index contributed by atoms with van der Waals surface area (Å²) in [5, 5.41) is 9.84. The van der Waals surface area contributed by atoms with E-state index in [0.717, 1.165) is 44.8 Å². The van der Waals surface area contributed by atoms with Gasteiger partial charge < -0.3 is 14.9 Å². The first-order valence-corrected chi connectivity index (χ1v) is 7.98. The SMILES string of the molecule is CCN(CC)CCCN(CC)c1cccc(F)c1C(C)O. The summed E-state index contributed by atoms with van der Waals surface area (Å²) >= 11 is 0. The Morgan fingerprint density at radius 1 is 1.10 bits per heavy atom. The lowest BCUT2D eigenvalue weighted by Gasteiger charge is -2.28. The van der Waals surface area contributed by atoms with Crippen molar-refractivity contribution in [1.29, 1.82) is 0 Å². The third-order valence-corrected chi connectivity index (χ3v) is 3.97. The molecule has 0 radical (unpaired) electrons. The van der Waals surface area contributed by atoms with Crippen LogP contribution < -0.4 is 4.90 Å². The smallest absolute Gasteiger partial charge is 0.131 e. The minimum atomic E-state index is -0.793. The average molecular weight is 296 g/mol. The molecule has 0 amide bonds. The van der Waals surface area contributed by atoms with E-state index in [4.69, 9.17) is 0 Å². The van der Waals surface area contributed by atoms with Gasteiger partial charge in [0.1, 0.15) is 5.82 Å². The monoisotopic (exact) mass is 296 g/mol. The van der Waals surface area contributed by atoms with Crippen molar-refractivity contribution in [1.82, 2.24) is 4.90 Å². The Bertz CT molecular complexity index is 419. The van der Waals surface area contributed by atoms with Gasteiger partial charge in [0.25, 0.3) is 0 Å². The van der Waals surface area contributed by atoms with Crippen molar-refractivity contribution >= 4 is 5.69 Å². The molecule has 0 aliphatic carbocycles. The maximum atomic E-state index is 14.0. The predicted octanol–water partition coefficient (Wildman–Crippen LogP) is 3.44. The zero-order valence-electron chi connectivity index (χ0n) is 13.8. The molecular formula is C17H29FN2O. The standard InChI is InChI=1S/C17H29FN2O/c1-5-19(6-2)12-9-13-20(7-3)16-11-8-10-15(18)17(16)14(4)21/h8,10-11,14,21H,5-7,9,12-13H2,1-4H3. The molecule has 0 fully saturated rings. The number of halogens is 1. The van der Waals surface area contributed by atoms with Crippen molar-refractivity contribution in [2.75, 3.05) is 37.6 Å². The molecule has 0 bridgehead atoms. The van der Waals surface area contributed by atoms with Gasteiger partial charge in [0.2, 0.25) is 0 Å². The second-order valence-corrected chi connectivity index (χ2v) is 5.31. The Morgan fingerprint density at radius 2 is 1.76 bits per heavy atom. The number of rotatable bonds is 9. The lowest BCUT2D eigenvalue weighted by atomic mass is 10.1. The zero-order chi connectivity index (χ0) is 15.8. The van der Waals surface area contributed by atoms with Crippen LogP contribution in [0, 0.1) is 5.82 Å². The molecule has 1 aromatic rings. The summed E-state index contributed by atoms with van der Waals surface area (Å²) in [4.78, 5) is 4.53. The van der Waals surface area contributed by atoms with Crippen LogP contribution in [0.3, 0.4) is 0 Å². The summed E-state index contributed by atoms with van der Waals surface area (Å²) in [6.45, 7) is 12.8. The van der Waals surface area contributed by atoms with E-state index in [1.807, 2.05) is 6.07 Å². The Balaban J connectivity index is 2.79. The normalized spacial score (nSPS) is 12.7. The molecule has 0 aliphatic rings. The molecule has 1 rings (SSSR count). The fraction of sp³-hybridized carbons (Fsp3) is 0.647. The van der Waals surface area contributed by atoms with Gasteiger partial charge in [-0.15, -0.1) is 0 Å². The summed E-state index contributed by atoms with van der Waals surface area (Å²) < 4.78 is 14.0. The fourth-order valence-electron chi connectivity index (χ4n) is 2.69. The van der Waals surface area contributed by atoms with Crippen molar-refractivity contribution in [3.63, 3.8) is 0 Å². The van der Waals surface area contributed by atoms with Crippen LogP contribution in [0.2, 0.25) is 0 Å². The number of hydrogen-bond donors (Lipinski definition) is 1. The van der Waals surface area contributed by atoms with Gasteiger partial charge >= 0.3 is 0 Å². The van der Waals surface area contributed by atoms with Crippen molar-refractivity contribution in [2.45, 2.75) is 40.2 Å². The lowest BCUT2D eigenvalue weighted by molar-refractivity contribution is 0.194. The van der Waals surface area contributed by atoms with Crippen LogP contribution in [0.5, 0.6) is 0 Å². The highest BCUT2D eigenvalue weighted by Crippen LogP contribution is 2.29. The highest BCUT2D eigenvalue weighted by Gasteiger charge is 2.17. The molecule has 1 unspecified atom stereocenters. The Morgan fingerprint density at radius 3 is 2.29 bits per heavy atom. The first kappa shape index (κ1) is 17.9. The molecule has 1 atom stereocenters. The minimum Gasteiger partial charge on any atom is -0.389 e. The summed E-state index contributed by atoms with van der Waals surface area (Å²) in [7, 11) is 0. The van der Waals surface area contributed by atoms with Crippen molar-refractivity contribution in [3.05, 3.63) is 29.6 Å².